The average Bonchev–Trinajstić information content (AvgIpc) is 2.89. The number of hydrogen-bond acceptors (Lipinski definition) is 6. The lowest BCUT2D eigenvalue weighted by molar-refractivity contribution is -0.122. The van der Waals surface area contributed by atoms with Crippen molar-refractivity contribution in [1.82, 2.24) is 5.32 Å². The predicted octanol–water partition coefficient (Wildman–Crippen LogP) is 6.11. The van der Waals surface area contributed by atoms with Crippen LogP contribution in [0.1, 0.15) is 28.4 Å². The van der Waals surface area contributed by atoms with Gasteiger partial charge in [0.2, 0.25) is 0 Å². The molecule has 12 heteroatoms. The van der Waals surface area contributed by atoms with E-state index in [4.69, 9.17) is 50.0 Å². The molecule has 1 aliphatic rings. The van der Waals surface area contributed by atoms with E-state index in [-0.39, 0.29) is 38.6 Å². The Balaban J connectivity index is 1.65. The van der Waals surface area contributed by atoms with E-state index in [0.717, 1.165) is 10.5 Å². The molecule has 0 atom stereocenters. The molecule has 2 N–H and O–H groups in total. The highest BCUT2D eigenvalue weighted by Gasteiger charge is 2.35. The number of hydrogen-bond donors (Lipinski definition) is 2. The van der Waals surface area contributed by atoms with Gasteiger partial charge in [-0.1, -0.05) is 41.4 Å². The molecule has 8 nitrogen and oxygen atoms in total. The number of thiocarbonyl (C=S) groups is 1. The van der Waals surface area contributed by atoms with Gasteiger partial charge in [0, 0.05) is 0 Å². The van der Waals surface area contributed by atoms with Crippen LogP contribution in [0.3, 0.4) is 0 Å². The molecule has 0 aromatic heterocycles. The molecule has 0 unspecified atom stereocenters. The molecule has 0 radical (unpaired) electrons. The number of amides is 2. The Morgan fingerprint density at radius 3 is 2.51 bits per heavy atom. The normalized spacial score (nSPS) is 14.4. The Morgan fingerprint density at radius 1 is 1.13 bits per heavy atom. The van der Waals surface area contributed by atoms with Crippen molar-refractivity contribution in [2.45, 2.75) is 13.5 Å². The standard InChI is InChI=1S/C27H19Cl2IN2O6S/c1-2-37-21-12-15(11-19(30)23(21)38-13-14-6-8-16(9-7-14)26(35)36)10-17-24(33)31-27(39)32(25(17)34)20-5-3-4-18(28)22(20)29/h3-12H,2,13H2,1H3,(H,35,36)(H,31,33,39)/b17-10+. The van der Waals surface area contributed by atoms with Gasteiger partial charge in [0.15, 0.2) is 16.6 Å². The van der Waals surface area contributed by atoms with Crippen LogP contribution in [0.25, 0.3) is 6.08 Å². The van der Waals surface area contributed by atoms with Gasteiger partial charge in [-0.3, -0.25) is 19.8 Å². The summed E-state index contributed by atoms with van der Waals surface area (Å²) in [4.78, 5) is 38.4. The maximum absolute atomic E-state index is 13.4. The van der Waals surface area contributed by atoms with E-state index in [1.54, 1.807) is 42.5 Å². The molecule has 1 saturated heterocycles. The molecule has 1 fully saturated rings. The summed E-state index contributed by atoms with van der Waals surface area (Å²) in [7, 11) is 0. The molecule has 200 valence electrons. The number of carbonyl (C=O) groups excluding carboxylic acids is 2. The van der Waals surface area contributed by atoms with Crippen LogP contribution in [0.4, 0.5) is 5.69 Å². The summed E-state index contributed by atoms with van der Waals surface area (Å²) in [6.07, 6.45) is 1.43. The molecule has 0 saturated carbocycles. The zero-order valence-corrected chi connectivity index (χ0v) is 24.7. The monoisotopic (exact) mass is 696 g/mol. The number of aromatic carboxylic acids is 1. The third-order valence-electron chi connectivity index (χ3n) is 5.50. The number of nitrogens with zero attached hydrogens (tertiary/aromatic N) is 1. The lowest BCUT2D eigenvalue weighted by atomic mass is 10.1. The molecule has 3 aromatic rings. The largest absolute Gasteiger partial charge is 0.490 e. The number of carboxylic acid groups (broad SMARTS) is 1. The van der Waals surface area contributed by atoms with Gasteiger partial charge in [-0.15, -0.1) is 0 Å². The summed E-state index contributed by atoms with van der Waals surface area (Å²) in [5.41, 5.74) is 1.55. The highest BCUT2D eigenvalue weighted by molar-refractivity contribution is 14.1. The fourth-order valence-electron chi connectivity index (χ4n) is 3.68. The Hall–Kier alpha value is -3.19. The number of benzene rings is 3. The molecule has 3 aromatic carbocycles. The van der Waals surface area contributed by atoms with Crippen LogP contribution in [0.15, 0.2) is 60.2 Å². The summed E-state index contributed by atoms with van der Waals surface area (Å²) in [6.45, 7) is 2.33. The Labute approximate surface area is 252 Å². The molecule has 0 aliphatic carbocycles. The van der Waals surface area contributed by atoms with Gasteiger partial charge >= 0.3 is 5.97 Å². The van der Waals surface area contributed by atoms with Crippen molar-refractivity contribution in [3.63, 3.8) is 0 Å². The summed E-state index contributed by atoms with van der Waals surface area (Å²) >= 11 is 19.8. The zero-order valence-electron chi connectivity index (χ0n) is 20.2. The van der Waals surface area contributed by atoms with Gasteiger partial charge in [-0.25, -0.2) is 4.79 Å². The Morgan fingerprint density at radius 2 is 1.85 bits per heavy atom. The van der Waals surface area contributed by atoms with Crippen molar-refractivity contribution in [3.8, 4) is 11.5 Å². The molecular weight excluding hydrogens is 678 g/mol. The first kappa shape index (κ1) is 28.8. The van der Waals surface area contributed by atoms with Crippen LogP contribution in [0, 0.1) is 3.57 Å². The maximum atomic E-state index is 13.4. The lowest BCUT2D eigenvalue weighted by Crippen LogP contribution is -2.54. The second-order valence-corrected chi connectivity index (χ2v) is 10.4. The molecule has 1 aliphatic heterocycles. The van der Waals surface area contributed by atoms with Crippen LogP contribution in [0.5, 0.6) is 11.5 Å². The van der Waals surface area contributed by atoms with Crippen molar-refractivity contribution >= 4 is 92.7 Å². The minimum Gasteiger partial charge on any atom is -0.490 e. The van der Waals surface area contributed by atoms with E-state index in [1.165, 1.54) is 18.2 Å². The molecule has 4 rings (SSSR count). The predicted molar refractivity (Wildman–Crippen MR) is 161 cm³/mol. The van der Waals surface area contributed by atoms with Crippen LogP contribution in [-0.2, 0) is 16.2 Å². The molecular formula is C27H19Cl2IN2O6S. The Kier molecular flexibility index (Phi) is 9.11. The van der Waals surface area contributed by atoms with Crippen molar-refractivity contribution < 1.29 is 29.0 Å². The second kappa shape index (κ2) is 12.3. The van der Waals surface area contributed by atoms with Crippen LogP contribution >= 0.6 is 58.0 Å². The van der Waals surface area contributed by atoms with E-state index < -0.39 is 17.8 Å². The highest BCUT2D eigenvalue weighted by atomic mass is 127. The summed E-state index contributed by atoms with van der Waals surface area (Å²) in [5, 5.41) is 11.8. The number of carboxylic acids is 1. The SMILES string of the molecule is CCOc1cc(/C=C2\C(=O)NC(=S)N(c3cccc(Cl)c3Cl)C2=O)cc(I)c1OCc1ccc(C(=O)O)cc1. The third kappa shape index (κ3) is 6.35. The van der Waals surface area contributed by atoms with Gasteiger partial charge in [-0.05, 0) is 95.3 Å². The number of carbonyl (C=O) groups is 3. The fourth-order valence-corrected chi connectivity index (χ4v) is 5.12. The number of anilines is 1. The molecule has 0 bridgehead atoms. The van der Waals surface area contributed by atoms with Gasteiger partial charge in [-0.2, -0.15) is 0 Å². The van der Waals surface area contributed by atoms with Gasteiger partial charge in [0.25, 0.3) is 11.8 Å². The fraction of sp³-hybridized carbons (Fsp3) is 0.111. The van der Waals surface area contributed by atoms with Crippen molar-refractivity contribution in [3.05, 3.63) is 90.5 Å². The van der Waals surface area contributed by atoms with Crippen molar-refractivity contribution in [1.29, 1.82) is 0 Å². The molecule has 0 spiro atoms. The molecule has 2 amide bonds. The first-order valence-corrected chi connectivity index (χ1v) is 13.6. The highest BCUT2D eigenvalue weighted by Crippen LogP contribution is 2.37. The average molecular weight is 697 g/mol. The Bertz CT molecular complexity index is 1530. The topological polar surface area (TPSA) is 105 Å². The first-order chi connectivity index (χ1) is 18.6. The van der Waals surface area contributed by atoms with E-state index in [0.29, 0.717) is 27.2 Å². The lowest BCUT2D eigenvalue weighted by Gasteiger charge is -2.29. The summed E-state index contributed by atoms with van der Waals surface area (Å²) < 4.78 is 12.5. The van der Waals surface area contributed by atoms with Crippen LogP contribution in [-0.4, -0.2) is 34.6 Å². The van der Waals surface area contributed by atoms with Gasteiger partial charge < -0.3 is 14.6 Å². The van der Waals surface area contributed by atoms with Crippen LogP contribution in [0.2, 0.25) is 10.0 Å². The smallest absolute Gasteiger partial charge is 0.335 e. The van der Waals surface area contributed by atoms with Crippen LogP contribution < -0.4 is 19.7 Å². The third-order valence-corrected chi connectivity index (χ3v) is 7.40. The zero-order chi connectivity index (χ0) is 28.3. The van der Waals surface area contributed by atoms with E-state index >= 15 is 0 Å². The van der Waals surface area contributed by atoms with E-state index in [1.807, 2.05) is 6.92 Å². The van der Waals surface area contributed by atoms with E-state index in [2.05, 4.69) is 27.9 Å². The van der Waals surface area contributed by atoms with Crippen molar-refractivity contribution in [2.24, 2.45) is 0 Å². The minimum atomic E-state index is -1.01. The second-order valence-electron chi connectivity index (χ2n) is 8.08. The maximum Gasteiger partial charge on any atom is 0.335 e. The number of halogens is 3. The van der Waals surface area contributed by atoms with E-state index in [9.17, 15) is 14.4 Å². The number of rotatable bonds is 8. The first-order valence-electron chi connectivity index (χ1n) is 11.4. The quantitative estimate of drug-likeness (QED) is 0.127. The van der Waals surface area contributed by atoms with Gasteiger partial charge in [0.1, 0.15) is 12.2 Å². The number of ether oxygens (including phenoxy) is 2. The summed E-state index contributed by atoms with van der Waals surface area (Å²) in [5.74, 6) is -1.45. The molecule has 1 heterocycles. The minimum absolute atomic E-state index is 0.115. The summed E-state index contributed by atoms with van der Waals surface area (Å²) in [6, 6.07) is 14.5. The molecule has 39 heavy (non-hydrogen) atoms. The van der Waals surface area contributed by atoms with Gasteiger partial charge in [0.05, 0.1) is 31.5 Å². The number of nitrogens with one attached hydrogen (secondary N) is 1. The van der Waals surface area contributed by atoms with Crippen molar-refractivity contribution in [2.75, 3.05) is 11.5 Å².